The highest BCUT2D eigenvalue weighted by Crippen LogP contribution is 2.29. The number of hydrogen-bond donors (Lipinski definition) is 1. The summed E-state index contributed by atoms with van der Waals surface area (Å²) in [5.41, 5.74) is 0. The summed E-state index contributed by atoms with van der Waals surface area (Å²) in [6, 6.07) is 0.295. The number of carbonyl (C=O) groups excluding carboxylic acids is 1. The number of amides is 1. The minimum Gasteiger partial charge on any atom is -0.379 e. The topological polar surface area (TPSA) is 38.3 Å². The Bertz CT molecular complexity index is 159. The van der Waals surface area contributed by atoms with Gasteiger partial charge in [-0.15, -0.1) is 0 Å². The van der Waals surface area contributed by atoms with Crippen molar-refractivity contribution in [1.82, 2.24) is 5.32 Å². The number of rotatable bonds is 2. The van der Waals surface area contributed by atoms with Crippen LogP contribution in [0.15, 0.2) is 0 Å². The molecular weight excluding hydrogens is 142 g/mol. The summed E-state index contributed by atoms with van der Waals surface area (Å²) in [6.45, 7) is 1.51. The number of nitrogens with one attached hydrogen (secondary N) is 1. The summed E-state index contributed by atoms with van der Waals surface area (Å²) >= 11 is 0. The summed E-state index contributed by atoms with van der Waals surface area (Å²) < 4.78 is 5.14. The van der Waals surface area contributed by atoms with Gasteiger partial charge in [0.1, 0.15) is 0 Å². The largest absolute Gasteiger partial charge is 0.379 e. The Morgan fingerprint density at radius 3 is 2.73 bits per heavy atom. The molecule has 2 rings (SSSR count). The normalized spacial score (nSPS) is 30.4. The van der Waals surface area contributed by atoms with Gasteiger partial charge in [0.2, 0.25) is 5.91 Å². The Kier molecular flexibility index (Phi) is 1.82. The lowest BCUT2D eigenvalue weighted by Gasteiger charge is -2.08. The summed E-state index contributed by atoms with van der Waals surface area (Å²) in [7, 11) is 0. The highest BCUT2D eigenvalue weighted by Gasteiger charge is 2.31. The van der Waals surface area contributed by atoms with E-state index < -0.39 is 0 Å². The van der Waals surface area contributed by atoms with Gasteiger partial charge < -0.3 is 10.1 Å². The molecule has 2 fully saturated rings. The number of hydrogen-bond acceptors (Lipinski definition) is 2. The molecule has 1 saturated heterocycles. The Morgan fingerprint density at radius 2 is 2.18 bits per heavy atom. The van der Waals surface area contributed by atoms with Gasteiger partial charge in [0.05, 0.1) is 12.6 Å². The van der Waals surface area contributed by atoms with Crippen molar-refractivity contribution in [3.8, 4) is 0 Å². The first-order chi connectivity index (χ1) is 5.36. The maximum absolute atomic E-state index is 11.2. The first-order valence-electron chi connectivity index (χ1n) is 4.24. The highest BCUT2D eigenvalue weighted by atomic mass is 16.5. The molecule has 1 saturated carbocycles. The lowest BCUT2D eigenvalue weighted by molar-refractivity contribution is -0.123. The average molecular weight is 155 g/mol. The third-order valence-electron chi connectivity index (χ3n) is 2.22. The van der Waals surface area contributed by atoms with Crippen molar-refractivity contribution in [2.24, 2.45) is 5.92 Å². The van der Waals surface area contributed by atoms with Crippen LogP contribution in [0.4, 0.5) is 0 Å². The van der Waals surface area contributed by atoms with Gasteiger partial charge in [-0.1, -0.05) is 0 Å². The lowest BCUT2D eigenvalue weighted by Crippen LogP contribution is -2.35. The molecule has 62 valence electrons. The first-order valence-corrected chi connectivity index (χ1v) is 4.24. The van der Waals surface area contributed by atoms with E-state index in [1.165, 1.54) is 0 Å². The Morgan fingerprint density at radius 1 is 1.36 bits per heavy atom. The van der Waals surface area contributed by atoms with Crippen LogP contribution in [0.25, 0.3) is 0 Å². The van der Waals surface area contributed by atoms with E-state index >= 15 is 0 Å². The number of carbonyl (C=O) groups is 1. The van der Waals surface area contributed by atoms with Gasteiger partial charge in [0, 0.05) is 12.5 Å². The summed E-state index contributed by atoms with van der Waals surface area (Å²) in [5.74, 6) is 0.566. The van der Waals surface area contributed by atoms with Crippen LogP contribution in [0.3, 0.4) is 0 Å². The van der Waals surface area contributed by atoms with Crippen molar-refractivity contribution in [1.29, 1.82) is 0 Å². The van der Waals surface area contributed by atoms with E-state index in [9.17, 15) is 4.79 Å². The molecule has 0 aromatic heterocycles. The zero-order valence-corrected chi connectivity index (χ0v) is 6.51. The van der Waals surface area contributed by atoms with E-state index in [1.54, 1.807) is 0 Å². The molecule has 1 atom stereocenters. The van der Waals surface area contributed by atoms with Gasteiger partial charge in [-0.05, 0) is 19.3 Å². The first kappa shape index (κ1) is 7.10. The monoisotopic (exact) mass is 155 g/mol. The summed E-state index contributed by atoms with van der Waals surface area (Å²) in [6.07, 6.45) is 3.15. The van der Waals surface area contributed by atoms with Crippen molar-refractivity contribution < 1.29 is 9.53 Å². The van der Waals surface area contributed by atoms with Crippen LogP contribution in [0.2, 0.25) is 0 Å². The van der Waals surface area contributed by atoms with Gasteiger partial charge in [0.25, 0.3) is 0 Å². The zero-order valence-electron chi connectivity index (χ0n) is 6.51. The SMILES string of the molecule is O=C(NC1CCOC1)C1CC1. The Balaban J connectivity index is 1.74. The third-order valence-corrected chi connectivity index (χ3v) is 2.22. The summed E-state index contributed by atoms with van der Waals surface area (Å²) in [4.78, 5) is 11.2. The third kappa shape index (κ3) is 1.71. The lowest BCUT2D eigenvalue weighted by atomic mass is 10.2. The molecule has 1 aliphatic heterocycles. The van der Waals surface area contributed by atoms with Gasteiger partial charge >= 0.3 is 0 Å². The van der Waals surface area contributed by atoms with E-state index in [0.29, 0.717) is 18.6 Å². The quantitative estimate of drug-likeness (QED) is 0.623. The predicted octanol–water partition coefficient (Wildman–Crippen LogP) is 0.301. The molecule has 1 amide bonds. The minimum absolute atomic E-state index is 0.237. The van der Waals surface area contributed by atoms with Crippen molar-refractivity contribution in [3.63, 3.8) is 0 Å². The molecule has 0 radical (unpaired) electrons. The molecule has 1 N–H and O–H groups in total. The van der Waals surface area contributed by atoms with Crippen LogP contribution >= 0.6 is 0 Å². The van der Waals surface area contributed by atoms with Crippen LogP contribution in [0.1, 0.15) is 19.3 Å². The van der Waals surface area contributed by atoms with E-state index in [1.807, 2.05) is 0 Å². The average Bonchev–Trinajstić information content (AvgIpc) is 2.73. The van der Waals surface area contributed by atoms with Crippen LogP contribution in [0, 0.1) is 5.92 Å². The Labute approximate surface area is 66.1 Å². The van der Waals surface area contributed by atoms with Gasteiger partial charge in [-0.25, -0.2) is 0 Å². The maximum Gasteiger partial charge on any atom is 0.223 e. The standard InChI is InChI=1S/C8H13NO2/c10-8(6-1-2-6)9-7-3-4-11-5-7/h6-7H,1-5H2,(H,9,10). The smallest absolute Gasteiger partial charge is 0.223 e. The second-order valence-corrected chi connectivity index (χ2v) is 3.34. The van der Waals surface area contributed by atoms with E-state index in [2.05, 4.69) is 5.32 Å². The molecule has 1 aliphatic carbocycles. The van der Waals surface area contributed by atoms with Crippen LogP contribution in [0.5, 0.6) is 0 Å². The fourth-order valence-electron chi connectivity index (χ4n) is 1.31. The highest BCUT2D eigenvalue weighted by molar-refractivity contribution is 5.81. The zero-order chi connectivity index (χ0) is 7.68. The summed E-state index contributed by atoms with van der Waals surface area (Å²) in [5, 5.41) is 2.98. The fraction of sp³-hybridized carbons (Fsp3) is 0.875. The molecule has 0 spiro atoms. The molecule has 3 heteroatoms. The predicted molar refractivity (Wildman–Crippen MR) is 40.1 cm³/mol. The van der Waals surface area contributed by atoms with Gasteiger partial charge in [0.15, 0.2) is 0 Å². The second kappa shape index (κ2) is 2.81. The second-order valence-electron chi connectivity index (χ2n) is 3.34. The minimum atomic E-state index is 0.237. The number of ether oxygens (including phenoxy) is 1. The van der Waals surface area contributed by atoms with Crippen LogP contribution in [-0.2, 0) is 9.53 Å². The van der Waals surface area contributed by atoms with E-state index in [-0.39, 0.29) is 5.91 Å². The molecule has 2 aliphatic rings. The van der Waals surface area contributed by atoms with E-state index in [4.69, 9.17) is 4.74 Å². The molecule has 3 nitrogen and oxygen atoms in total. The van der Waals surface area contributed by atoms with Crippen molar-refractivity contribution in [3.05, 3.63) is 0 Å². The molecule has 0 aromatic rings. The molecule has 1 heterocycles. The van der Waals surface area contributed by atoms with Crippen LogP contribution in [-0.4, -0.2) is 25.2 Å². The fourth-order valence-corrected chi connectivity index (χ4v) is 1.31. The molecule has 0 aromatic carbocycles. The maximum atomic E-state index is 11.2. The van der Waals surface area contributed by atoms with Gasteiger partial charge in [-0.2, -0.15) is 0 Å². The molecule has 1 unspecified atom stereocenters. The van der Waals surface area contributed by atoms with Crippen LogP contribution < -0.4 is 5.32 Å². The van der Waals surface area contributed by atoms with Crippen molar-refractivity contribution in [2.75, 3.05) is 13.2 Å². The Hall–Kier alpha value is -0.570. The van der Waals surface area contributed by atoms with Crippen molar-refractivity contribution >= 4 is 5.91 Å². The van der Waals surface area contributed by atoms with E-state index in [0.717, 1.165) is 25.9 Å². The van der Waals surface area contributed by atoms with Gasteiger partial charge in [-0.3, -0.25) is 4.79 Å². The van der Waals surface area contributed by atoms with Crippen molar-refractivity contribution in [2.45, 2.75) is 25.3 Å². The molecule has 0 bridgehead atoms. The molecular formula is C8H13NO2. The molecule has 11 heavy (non-hydrogen) atoms.